The highest BCUT2D eigenvalue weighted by molar-refractivity contribution is 14.1. The predicted octanol–water partition coefficient (Wildman–Crippen LogP) is 3.28. The van der Waals surface area contributed by atoms with Gasteiger partial charge >= 0.3 is 0 Å². The van der Waals surface area contributed by atoms with E-state index in [-0.39, 0.29) is 5.60 Å². The Kier molecular flexibility index (Phi) is 3.85. The molecule has 0 aromatic carbocycles. The maximum absolute atomic E-state index is 5.53. The van der Waals surface area contributed by atoms with Crippen molar-refractivity contribution in [2.24, 2.45) is 0 Å². The minimum absolute atomic E-state index is 0.0828. The summed E-state index contributed by atoms with van der Waals surface area (Å²) >= 11 is 2.26. The summed E-state index contributed by atoms with van der Waals surface area (Å²) in [5.41, 5.74) is 0.0828. The standard InChI is InChI=1S/C9H15IO/c1-11-9(7-8-10)5-3-2-4-6-9/h7-8H,2-6H2,1H3/b8-7+. The molecule has 0 aromatic heterocycles. The van der Waals surface area contributed by atoms with Gasteiger partial charge in [-0.05, 0) is 23.0 Å². The molecular formula is C9H15IO. The van der Waals surface area contributed by atoms with Crippen LogP contribution in [0.4, 0.5) is 0 Å². The molecule has 1 aliphatic carbocycles. The van der Waals surface area contributed by atoms with E-state index in [9.17, 15) is 0 Å². The van der Waals surface area contributed by atoms with Crippen LogP contribution in [0.1, 0.15) is 32.1 Å². The minimum atomic E-state index is 0.0828. The lowest BCUT2D eigenvalue weighted by Crippen LogP contribution is -2.31. The number of methoxy groups -OCH3 is 1. The number of halogens is 1. The SMILES string of the molecule is COC1(/C=C/I)CCCCC1. The Bertz CT molecular complexity index is 136. The molecule has 64 valence electrons. The first-order valence-electron chi connectivity index (χ1n) is 4.16. The van der Waals surface area contributed by atoms with E-state index in [0.29, 0.717) is 0 Å². The fourth-order valence-corrected chi connectivity index (χ4v) is 2.36. The second kappa shape index (κ2) is 4.45. The average Bonchev–Trinajstić information content (AvgIpc) is 2.07. The Morgan fingerprint density at radius 3 is 2.36 bits per heavy atom. The molecule has 1 fully saturated rings. The zero-order chi connectivity index (χ0) is 8.16. The van der Waals surface area contributed by atoms with Crippen LogP contribution in [-0.2, 0) is 4.74 Å². The van der Waals surface area contributed by atoms with Crippen molar-refractivity contribution < 1.29 is 4.74 Å². The summed E-state index contributed by atoms with van der Waals surface area (Å²) < 4.78 is 7.60. The van der Waals surface area contributed by atoms with Crippen molar-refractivity contribution in [3.05, 3.63) is 10.2 Å². The average molecular weight is 266 g/mol. The van der Waals surface area contributed by atoms with Crippen LogP contribution in [0, 0.1) is 0 Å². The van der Waals surface area contributed by atoms with Crippen LogP contribution in [0.15, 0.2) is 10.2 Å². The van der Waals surface area contributed by atoms with Gasteiger partial charge in [-0.25, -0.2) is 0 Å². The first-order chi connectivity index (χ1) is 5.33. The molecule has 1 aliphatic rings. The lowest BCUT2D eigenvalue weighted by Gasteiger charge is -2.32. The summed E-state index contributed by atoms with van der Waals surface area (Å²) in [5, 5.41) is 0. The Morgan fingerprint density at radius 2 is 1.91 bits per heavy atom. The molecule has 0 unspecified atom stereocenters. The van der Waals surface area contributed by atoms with Crippen LogP contribution in [0.25, 0.3) is 0 Å². The van der Waals surface area contributed by atoms with Gasteiger partial charge in [-0.1, -0.05) is 41.9 Å². The van der Waals surface area contributed by atoms with Gasteiger partial charge in [0.2, 0.25) is 0 Å². The topological polar surface area (TPSA) is 9.23 Å². The highest BCUT2D eigenvalue weighted by atomic mass is 127. The van der Waals surface area contributed by atoms with Crippen LogP contribution in [0.5, 0.6) is 0 Å². The Morgan fingerprint density at radius 1 is 1.27 bits per heavy atom. The molecule has 0 saturated heterocycles. The number of ether oxygens (including phenoxy) is 1. The van der Waals surface area contributed by atoms with E-state index in [2.05, 4.69) is 32.7 Å². The second-order valence-corrected chi connectivity index (χ2v) is 3.84. The molecule has 1 saturated carbocycles. The van der Waals surface area contributed by atoms with E-state index in [1.54, 1.807) is 0 Å². The van der Waals surface area contributed by atoms with Crippen LogP contribution in [0.2, 0.25) is 0 Å². The fraction of sp³-hybridized carbons (Fsp3) is 0.778. The summed E-state index contributed by atoms with van der Waals surface area (Å²) in [4.78, 5) is 0. The molecule has 0 spiro atoms. The summed E-state index contributed by atoms with van der Waals surface area (Å²) in [6.07, 6.45) is 8.60. The quantitative estimate of drug-likeness (QED) is 0.697. The van der Waals surface area contributed by atoms with Crippen molar-refractivity contribution in [2.75, 3.05) is 7.11 Å². The van der Waals surface area contributed by atoms with Crippen molar-refractivity contribution >= 4 is 22.6 Å². The highest BCUT2D eigenvalue weighted by Gasteiger charge is 2.28. The maximum Gasteiger partial charge on any atom is 0.0866 e. The molecule has 0 aliphatic heterocycles. The molecule has 0 aromatic rings. The Hall–Kier alpha value is 0.430. The lowest BCUT2D eigenvalue weighted by atomic mass is 9.85. The van der Waals surface area contributed by atoms with Crippen molar-refractivity contribution in [1.29, 1.82) is 0 Å². The van der Waals surface area contributed by atoms with Gasteiger partial charge in [0.05, 0.1) is 5.60 Å². The third-order valence-corrected chi connectivity index (χ3v) is 2.83. The fourth-order valence-electron chi connectivity index (χ4n) is 1.70. The van der Waals surface area contributed by atoms with E-state index in [0.717, 1.165) is 0 Å². The van der Waals surface area contributed by atoms with Gasteiger partial charge in [0.15, 0.2) is 0 Å². The molecule has 0 bridgehead atoms. The Labute approximate surface area is 82.3 Å². The first-order valence-corrected chi connectivity index (χ1v) is 5.41. The third-order valence-electron chi connectivity index (χ3n) is 2.47. The normalized spacial score (nSPS) is 24.2. The van der Waals surface area contributed by atoms with Gasteiger partial charge in [0.1, 0.15) is 0 Å². The van der Waals surface area contributed by atoms with Gasteiger partial charge in [-0.2, -0.15) is 0 Å². The zero-order valence-electron chi connectivity index (χ0n) is 6.98. The number of rotatable bonds is 2. The van der Waals surface area contributed by atoms with Crippen molar-refractivity contribution in [1.82, 2.24) is 0 Å². The summed E-state index contributed by atoms with van der Waals surface area (Å²) in [7, 11) is 1.82. The van der Waals surface area contributed by atoms with E-state index in [1.807, 2.05) is 7.11 Å². The van der Waals surface area contributed by atoms with Gasteiger partial charge in [0.25, 0.3) is 0 Å². The molecule has 0 atom stereocenters. The van der Waals surface area contributed by atoms with Gasteiger partial charge in [-0.15, -0.1) is 0 Å². The van der Waals surface area contributed by atoms with E-state index >= 15 is 0 Å². The molecule has 0 heterocycles. The zero-order valence-corrected chi connectivity index (χ0v) is 9.13. The molecule has 11 heavy (non-hydrogen) atoms. The number of hydrogen-bond donors (Lipinski definition) is 0. The number of hydrogen-bond acceptors (Lipinski definition) is 1. The van der Waals surface area contributed by atoms with Crippen LogP contribution in [-0.4, -0.2) is 12.7 Å². The third kappa shape index (κ3) is 2.44. The van der Waals surface area contributed by atoms with Crippen molar-refractivity contribution in [3.8, 4) is 0 Å². The minimum Gasteiger partial charge on any atom is -0.374 e. The molecule has 0 radical (unpaired) electrons. The van der Waals surface area contributed by atoms with Crippen molar-refractivity contribution in [2.45, 2.75) is 37.7 Å². The lowest BCUT2D eigenvalue weighted by molar-refractivity contribution is 0.00226. The van der Waals surface area contributed by atoms with Crippen LogP contribution < -0.4 is 0 Å². The van der Waals surface area contributed by atoms with Crippen molar-refractivity contribution in [3.63, 3.8) is 0 Å². The summed E-state index contributed by atoms with van der Waals surface area (Å²) in [6, 6.07) is 0. The molecular weight excluding hydrogens is 251 g/mol. The smallest absolute Gasteiger partial charge is 0.0866 e. The summed E-state index contributed by atoms with van der Waals surface area (Å²) in [6.45, 7) is 0. The molecule has 0 amide bonds. The second-order valence-electron chi connectivity index (χ2n) is 3.12. The van der Waals surface area contributed by atoms with E-state index in [1.165, 1.54) is 32.1 Å². The van der Waals surface area contributed by atoms with Crippen LogP contribution in [0.3, 0.4) is 0 Å². The predicted molar refractivity (Wildman–Crippen MR) is 56.0 cm³/mol. The Balaban J connectivity index is 2.56. The van der Waals surface area contributed by atoms with Gasteiger partial charge in [0, 0.05) is 7.11 Å². The first kappa shape index (κ1) is 9.52. The maximum atomic E-state index is 5.53. The summed E-state index contributed by atoms with van der Waals surface area (Å²) in [5.74, 6) is 0. The van der Waals surface area contributed by atoms with E-state index < -0.39 is 0 Å². The van der Waals surface area contributed by atoms with Gasteiger partial charge < -0.3 is 4.74 Å². The van der Waals surface area contributed by atoms with Crippen LogP contribution >= 0.6 is 22.6 Å². The largest absolute Gasteiger partial charge is 0.374 e. The molecule has 0 N–H and O–H groups in total. The van der Waals surface area contributed by atoms with E-state index in [4.69, 9.17) is 4.74 Å². The van der Waals surface area contributed by atoms with Gasteiger partial charge in [-0.3, -0.25) is 0 Å². The molecule has 1 nitrogen and oxygen atoms in total. The molecule has 1 rings (SSSR count). The molecule has 2 heteroatoms. The monoisotopic (exact) mass is 266 g/mol. The highest BCUT2D eigenvalue weighted by Crippen LogP contribution is 2.32.